The number of methoxy groups -OCH3 is 2. The number of hydrogen-bond donors (Lipinski definition) is 0. The molecule has 2 rings (SSSR count). The van der Waals surface area contributed by atoms with Gasteiger partial charge in [0.25, 0.3) is 0 Å². The minimum absolute atomic E-state index is 0.0300. The predicted octanol–water partition coefficient (Wildman–Crippen LogP) is 3.80. The topological polar surface area (TPSA) is 18.5 Å². The van der Waals surface area contributed by atoms with E-state index in [0.29, 0.717) is 0 Å². The summed E-state index contributed by atoms with van der Waals surface area (Å²) in [4.78, 5) is 0. The molecule has 0 spiro atoms. The molecule has 0 aliphatic carbocycles. The van der Waals surface area contributed by atoms with Crippen molar-refractivity contribution >= 4 is 28.8 Å². The second kappa shape index (κ2) is 6.35. The van der Waals surface area contributed by atoms with E-state index in [9.17, 15) is 0 Å². The third-order valence-corrected chi connectivity index (χ3v) is 11.3. The molecule has 0 atom stereocenters. The molecule has 22 heavy (non-hydrogen) atoms. The third-order valence-electron chi connectivity index (χ3n) is 4.01. The first-order chi connectivity index (χ1) is 10.3. The number of benzene rings is 2. The summed E-state index contributed by atoms with van der Waals surface area (Å²) in [5, 5.41) is 2.35. The second-order valence-corrected chi connectivity index (χ2v) is 12.0. The van der Waals surface area contributed by atoms with E-state index < -0.39 is 7.38 Å². The van der Waals surface area contributed by atoms with Crippen LogP contribution in [0.3, 0.4) is 0 Å². The molecule has 0 bridgehead atoms. The van der Waals surface area contributed by atoms with E-state index in [1.165, 1.54) is 10.4 Å². The largest absolute Gasteiger partial charge is 0.497 e. The Kier molecular flexibility index (Phi) is 4.88. The van der Waals surface area contributed by atoms with Crippen molar-refractivity contribution in [2.24, 2.45) is 0 Å². The van der Waals surface area contributed by atoms with Crippen LogP contribution >= 0.6 is 11.1 Å². The molecule has 2 nitrogen and oxygen atoms in total. The Morgan fingerprint density at radius 2 is 1.05 bits per heavy atom. The molecule has 0 amide bonds. The lowest BCUT2D eigenvalue weighted by molar-refractivity contribution is 0.415. The summed E-state index contributed by atoms with van der Waals surface area (Å²) in [5.41, 5.74) is 0. The lowest BCUT2D eigenvalue weighted by atomic mass is 10.2. The first-order valence-corrected chi connectivity index (χ1v) is 10.3. The fourth-order valence-electron chi connectivity index (χ4n) is 2.67. The van der Waals surface area contributed by atoms with Gasteiger partial charge in [-0.25, -0.2) is 0 Å². The summed E-state index contributed by atoms with van der Waals surface area (Å²) in [7, 11) is 0.935. The Morgan fingerprint density at radius 1 is 0.727 bits per heavy atom. The van der Waals surface area contributed by atoms with Gasteiger partial charge in [-0.1, -0.05) is 45.0 Å². The molecule has 0 saturated heterocycles. The minimum Gasteiger partial charge on any atom is -0.497 e. The molecular weight excluding hydrogens is 312 g/mol. The summed E-state index contributed by atoms with van der Waals surface area (Å²) < 4.78 is 10.5. The summed E-state index contributed by atoms with van der Waals surface area (Å²) >= 11 is 7.31. The lowest BCUT2D eigenvalue weighted by Gasteiger charge is -2.38. The van der Waals surface area contributed by atoms with Crippen molar-refractivity contribution in [3.8, 4) is 11.5 Å². The maximum Gasteiger partial charge on any atom is 0.222 e. The zero-order valence-electron chi connectivity index (χ0n) is 13.8. The van der Waals surface area contributed by atoms with Gasteiger partial charge in [0.1, 0.15) is 11.5 Å². The van der Waals surface area contributed by atoms with Crippen molar-refractivity contribution in [3.63, 3.8) is 0 Å². The van der Waals surface area contributed by atoms with Crippen LogP contribution < -0.4 is 19.8 Å². The monoisotopic (exact) mass is 334 g/mol. The first-order valence-electron chi connectivity index (χ1n) is 7.31. The van der Waals surface area contributed by atoms with Crippen molar-refractivity contribution in [2.75, 3.05) is 14.2 Å². The van der Waals surface area contributed by atoms with Crippen molar-refractivity contribution in [3.05, 3.63) is 48.5 Å². The van der Waals surface area contributed by atoms with Crippen LogP contribution in [0.25, 0.3) is 0 Å². The van der Waals surface area contributed by atoms with Crippen LogP contribution in [0.5, 0.6) is 11.5 Å². The highest BCUT2D eigenvalue weighted by molar-refractivity contribution is 7.35. The SMILES string of the molecule is COc1ccc([Si](Cl)(c2ccc(OC)cc2)C(C)(C)C)cc1. The number of ether oxygens (including phenoxy) is 2. The Hall–Kier alpha value is -1.45. The molecule has 0 saturated carbocycles. The van der Waals surface area contributed by atoms with Crippen LogP contribution in [0.1, 0.15) is 20.8 Å². The Balaban J connectivity index is 2.55. The van der Waals surface area contributed by atoms with Gasteiger partial charge in [0.15, 0.2) is 0 Å². The van der Waals surface area contributed by atoms with Crippen LogP contribution in [0.2, 0.25) is 5.04 Å². The van der Waals surface area contributed by atoms with Crippen LogP contribution in [0, 0.1) is 0 Å². The number of halogens is 1. The number of hydrogen-bond acceptors (Lipinski definition) is 2. The quantitative estimate of drug-likeness (QED) is 0.625. The van der Waals surface area contributed by atoms with Crippen molar-refractivity contribution in [1.82, 2.24) is 0 Å². The molecular formula is C18H23ClO2Si. The van der Waals surface area contributed by atoms with Gasteiger partial charge in [-0.2, -0.15) is 11.1 Å². The third kappa shape index (κ3) is 3.01. The molecule has 4 heteroatoms. The molecule has 0 radical (unpaired) electrons. The standard InChI is InChI=1S/C18H23ClO2Si/c1-18(2,3)22(19,16-10-6-14(20-4)7-11-16)17-12-8-15(21-5)9-13-17/h6-13H,1-5H3. The predicted molar refractivity (Wildman–Crippen MR) is 96.6 cm³/mol. The van der Waals surface area contributed by atoms with E-state index in [1.807, 2.05) is 24.3 Å². The smallest absolute Gasteiger partial charge is 0.222 e. The average Bonchev–Trinajstić information content (AvgIpc) is 2.53. The van der Waals surface area contributed by atoms with E-state index in [2.05, 4.69) is 45.0 Å². The Labute approximate surface area is 138 Å². The van der Waals surface area contributed by atoms with Crippen LogP contribution in [0.15, 0.2) is 48.5 Å². The molecule has 0 aliphatic heterocycles. The van der Waals surface area contributed by atoms with Crippen LogP contribution in [-0.4, -0.2) is 21.6 Å². The van der Waals surface area contributed by atoms with Gasteiger partial charge in [0, 0.05) is 0 Å². The average molecular weight is 335 g/mol. The normalized spacial score (nSPS) is 12.1. The van der Waals surface area contributed by atoms with Crippen LogP contribution in [-0.2, 0) is 0 Å². The Bertz CT molecular complexity index is 568. The van der Waals surface area contributed by atoms with Crippen LogP contribution in [0.4, 0.5) is 0 Å². The van der Waals surface area contributed by atoms with Gasteiger partial charge in [-0.05, 0) is 39.7 Å². The highest BCUT2D eigenvalue weighted by Crippen LogP contribution is 2.38. The molecule has 0 aliphatic rings. The fourth-order valence-corrected chi connectivity index (χ4v) is 6.75. The van der Waals surface area contributed by atoms with E-state index >= 15 is 0 Å². The van der Waals surface area contributed by atoms with E-state index in [-0.39, 0.29) is 5.04 Å². The van der Waals surface area contributed by atoms with Crippen molar-refractivity contribution in [1.29, 1.82) is 0 Å². The highest BCUT2D eigenvalue weighted by Gasteiger charge is 2.46. The summed E-state index contributed by atoms with van der Waals surface area (Å²) in [5.74, 6) is 1.70. The summed E-state index contributed by atoms with van der Waals surface area (Å²) in [6, 6.07) is 16.3. The molecule has 2 aromatic carbocycles. The first kappa shape index (κ1) is 16.9. The number of rotatable bonds is 4. The van der Waals surface area contributed by atoms with Gasteiger partial charge >= 0.3 is 0 Å². The van der Waals surface area contributed by atoms with E-state index in [0.717, 1.165) is 11.5 Å². The minimum atomic E-state index is -2.41. The summed E-state index contributed by atoms with van der Waals surface area (Å²) in [6.45, 7) is 6.63. The second-order valence-electron chi connectivity index (χ2n) is 6.37. The van der Waals surface area contributed by atoms with Gasteiger partial charge in [-0.3, -0.25) is 0 Å². The fraction of sp³-hybridized carbons (Fsp3) is 0.333. The van der Waals surface area contributed by atoms with Crippen molar-refractivity contribution < 1.29 is 9.47 Å². The van der Waals surface area contributed by atoms with Gasteiger partial charge in [0.2, 0.25) is 7.38 Å². The van der Waals surface area contributed by atoms with Gasteiger partial charge < -0.3 is 9.47 Å². The highest BCUT2D eigenvalue weighted by atomic mass is 35.6. The molecule has 2 aromatic rings. The molecule has 118 valence electrons. The van der Waals surface area contributed by atoms with E-state index in [4.69, 9.17) is 20.6 Å². The maximum absolute atomic E-state index is 7.31. The maximum atomic E-state index is 7.31. The molecule has 0 fully saturated rings. The molecule has 0 N–H and O–H groups in total. The molecule has 0 aromatic heterocycles. The van der Waals surface area contributed by atoms with Gasteiger partial charge in [-0.15, -0.1) is 0 Å². The zero-order valence-corrected chi connectivity index (χ0v) is 15.6. The van der Waals surface area contributed by atoms with Crippen molar-refractivity contribution in [2.45, 2.75) is 25.8 Å². The van der Waals surface area contributed by atoms with E-state index in [1.54, 1.807) is 14.2 Å². The summed E-state index contributed by atoms with van der Waals surface area (Å²) in [6.07, 6.45) is 0. The molecule has 0 heterocycles. The Morgan fingerprint density at radius 3 is 1.27 bits per heavy atom. The van der Waals surface area contributed by atoms with Gasteiger partial charge in [0.05, 0.1) is 14.2 Å². The lowest BCUT2D eigenvalue weighted by Crippen LogP contribution is -2.59. The zero-order chi connectivity index (χ0) is 16.4. The molecule has 0 unspecified atom stereocenters.